The average Bonchev–Trinajstić information content (AvgIpc) is 2.80. The molecule has 2 aromatic heterocycles. The highest BCUT2D eigenvalue weighted by Gasteiger charge is 2.19. The molecule has 0 aliphatic heterocycles. The highest BCUT2D eigenvalue weighted by molar-refractivity contribution is 5.94. The Kier molecular flexibility index (Phi) is 6.14. The summed E-state index contributed by atoms with van der Waals surface area (Å²) < 4.78 is 6.22. The lowest BCUT2D eigenvalue weighted by atomic mass is 10.0. The van der Waals surface area contributed by atoms with Crippen LogP contribution in [0.5, 0.6) is 0 Å². The third-order valence-electron chi connectivity index (χ3n) is 5.46. The van der Waals surface area contributed by atoms with Crippen LogP contribution in [0.1, 0.15) is 40.1 Å². The number of carboxylic acid groups (broad SMARTS) is 1. The molecule has 2 aromatic carbocycles. The van der Waals surface area contributed by atoms with E-state index in [1.165, 1.54) is 12.1 Å². The first-order chi connectivity index (χ1) is 16.3. The number of aliphatic imine (C=N–C) groups is 1. The number of aryl methyl sites for hydroxylation is 1. The minimum absolute atomic E-state index is 0.157. The first-order valence-electron chi connectivity index (χ1n) is 10.6. The Hall–Kier alpha value is -4.46. The van der Waals surface area contributed by atoms with Crippen LogP contribution in [0.15, 0.2) is 68.8 Å². The van der Waals surface area contributed by atoms with E-state index in [9.17, 15) is 14.7 Å². The highest BCUT2D eigenvalue weighted by Crippen LogP contribution is 2.31. The number of aromatic carboxylic acids is 1. The van der Waals surface area contributed by atoms with E-state index < -0.39 is 5.97 Å². The molecule has 8 nitrogen and oxygen atoms in total. The van der Waals surface area contributed by atoms with Crippen LogP contribution in [0, 0.1) is 6.92 Å². The maximum absolute atomic E-state index is 13.0. The molecule has 0 aliphatic carbocycles. The number of nitrogens with zero attached hydrogens (tertiary/aromatic N) is 2. The van der Waals surface area contributed by atoms with Crippen LogP contribution in [0.4, 0.5) is 11.4 Å². The van der Waals surface area contributed by atoms with Gasteiger partial charge in [-0.15, -0.1) is 0 Å². The first kappa shape index (κ1) is 22.7. The Labute approximate surface area is 195 Å². The first-order valence-corrected chi connectivity index (χ1v) is 10.6. The number of nitrogen functional groups attached to an aromatic ring is 1. The van der Waals surface area contributed by atoms with E-state index in [0.29, 0.717) is 39.5 Å². The number of anilines is 2. The molecule has 4 rings (SSSR count). The number of benzene rings is 2. The van der Waals surface area contributed by atoms with Gasteiger partial charge in [-0.05, 0) is 49.7 Å². The second-order valence-electron chi connectivity index (χ2n) is 7.98. The molecular formula is C26H24N4O4. The van der Waals surface area contributed by atoms with Gasteiger partial charge in [0.05, 0.1) is 22.7 Å². The zero-order valence-corrected chi connectivity index (χ0v) is 19.0. The van der Waals surface area contributed by atoms with E-state index in [0.717, 1.165) is 11.1 Å². The number of hydrogen-bond donors (Lipinski definition) is 3. The fourth-order valence-electron chi connectivity index (χ4n) is 3.84. The minimum Gasteiger partial charge on any atom is -0.478 e. The number of hydrogen-bond acceptors (Lipinski definition) is 7. The number of pyridine rings is 1. The number of carboxylic acids is 1. The summed E-state index contributed by atoms with van der Waals surface area (Å²) in [4.78, 5) is 33.1. The van der Waals surface area contributed by atoms with Crippen molar-refractivity contribution < 1.29 is 14.3 Å². The molecule has 0 radical (unpaired) electrons. The zero-order chi connectivity index (χ0) is 24.4. The number of nitrogens with two attached hydrogens (primary N) is 1. The molecule has 0 saturated carbocycles. The minimum atomic E-state index is -1.03. The molecule has 0 spiro atoms. The number of rotatable bonds is 6. The van der Waals surface area contributed by atoms with Gasteiger partial charge >= 0.3 is 5.97 Å². The smallest absolute Gasteiger partial charge is 0.337 e. The van der Waals surface area contributed by atoms with Crippen LogP contribution >= 0.6 is 0 Å². The van der Waals surface area contributed by atoms with Gasteiger partial charge in [0.15, 0.2) is 11.2 Å². The quantitative estimate of drug-likeness (QED) is 0.359. The molecule has 0 bridgehead atoms. The molecular weight excluding hydrogens is 432 g/mol. The average molecular weight is 457 g/mol. The van der Waals surface area contributed by atoms with Gasteiger partial charge in [-0.25, -0.2) is 9.78 Å². The van der Waals surface area contributed by atoms with Gasteiger partial charge in [0.2, 0.25) is 0 Å². The molecule has 4 aromatic rings. The SMILES string of the molecule is CN=Cc1nc(-c2cc(=O)c3cc(C)cc(C(C)Nc4ccccc4C(=O)O)c3o2)ccc1N. The van der Waals surface area contributed by atoms with Crippen LogP contribution in [-0.4, -0.2) is 29.3 Å². The second kappa shape index (κ2) is 9.19. The lowest BCUT2D eigenvalue weighted by Gasteiger charge is -2.19. The molecule has 1 unspecified atom stereocenters. The molecule has 0 aliphatic rings. The summed E-state index contributed by atoms with van der Waals surface area (Å²) in [7, 11) is 1.62. The third kappa shape index (κ3) is 4.38. The third-order valence-corrected chi connectivity index (χ3v) is 5.46. The molecule has 0 fully saturated rings. The maximum atomic E-state index is 13.0. The van der Waals surface area contributed by atoms with Crippen LogP contribution in [0.2, 0.25) is 0 Å². The monoisotopic (exact) mass is 456 g/mol. The topological polar surface area (TPSA) is 131 Å². The van der Waals surface area contributed by atoms with Gasteiger partial charge in [0.1, 0.15) is 17.0 Å². The number of para-hydroxylation sites is 1. The maximum Gasteiger partial charge on any atom is 0.337 e. The van der Waals surface area contributed by atoms with E-state index >= 15 is 0 Å². The van der Waals surface area contributed by atoms with Gasteiger partial charge in [0, 0.05) is 30.6 Å². The van der Waals surface area contributed by atoms with Crippen LogP contribution < -0.4 is 16.5 Å². The summed E-state index contributed by atoms with van der Waals surface area (Å²) in [5.74, 6) is -0.731. The van der Waals surface area contributed by atoms with Gasteiger partial charge in [-0.3, -0.25) is 9.79 Å². The van der Waals surface area contributed by atoms with Crippen molar-refractivity contribution in [2.24, 2.45) is 4.99 Å². The van der Waals surface area contributed by atoms with E-state index in [1.807, 2.05) is 19.9 Å². The molecule has 0 saturated heterocycles. The van der Waals surface area contributed by atoms with Gasteiger partial charge in [-0.1, -0.05) is 18.2 Å². The molecule has 0 amide bonds. The van der Waals surface area contributed by atoms with Gasteiger partial charge in [0.25, 0.3) is 0 Å². The normalized spacial score (nSPS) is 12.2. The molecule has 2 heterocycles. The number of carbonyl (C=O) groups is 1. The zero-order valence-electron chi connectivity index (χ0n) is 19.0. The molecule has 1 atom stereocenters. The van der Waals surface area contributed by atoms with E-state index in [2.05, 4.69) is 15.3 Å². The van der Waals surface area contributed by atoms with Crippen molar-refractivity contribution in [1.29, 1.82) is 0 Å². The van der Waals surface area contributed by atoms with Crippen molar-refractivity contribution in [3.63, 3.8) is 0 Å². The Morgan fingerprint density at radius 2 is 1.97 bits per heavy atom. The summed E-state index contributed by atoms with van der Waals surface area (Å²) >= 11 is 0. The standard InChI is InChI=1S/C26H24N4O4/c1-14-10-17(15(2)29-20-7-5-4-6-16(20)26(32)33)25-18(11-14)23(31)12-24(34-25)21-9-8-19(27)22(30-21)13-28-3/h4-13,15,29H,27H2,1-3H3,(H,32,33). The number of aromatic nitrogens is 1. The highest BCUT2D eigenvalue weighted by atomic mass is 16.4. The molecule has 4 N–H and O–H groups in total. The Morgan fingerprint density at radius 1 is 1.21 bits per heavy atom. The largest absolute Gasteiger partial charge is 0.478 e. The summed E-state index contributed by atoms with van der Waals surface area (Å²) in [5.41, 5.74) is 9.79. The van der Waals surface area contributed by atoms with E-state index in [1.54, 1.807) is 49.7 Å². The van der Waals surface area contributed by atoms with Crippen molar-refractivity contribution in [3.05, 3.63) is 87.2 Å². The molecule has 34 heavy (non-hydrogen) atoms. The van der Waals surface area contributed by atoms with E-state index in [4.69, 9.17) is 10.2 Å². The number of fused-ring (bicyclic) bond motifs is 1. The fourth-order valence-corrected chi connectivity index (χ4v) is 3.84. The molecule has 172 valence electrons. The fraction of sp³-hybridized carbons (Fsp3) is 0.154. The van der Waals surface area contributed by atoms with Crippen LogP contribution in [0.3, 0.4) is 0 Å². The van der Waals surface area contributed by atoms with E-state index in [-0.39, 0.29) is 17.0 Å². The van der Waals surface area contributed by atoms with Gasteiger partial charge in [-0.2, -0.15) is 0 Å². The predicted molar refractivity (Wildman–Crippen MR) is 134 cm³/mol. The predicted octanol–water partition coefficient (Wildman–Crippen LogP) is 4.67. The van der Waals surface area contributed by atoms with Crippen molar-refractivity contribution in [1.82, 2.24) is 4.98 Å². The van der Waals surface area contributed by atoms with Crippen molar-refractivity contribution in [2.75, 3.05) is 18.1 Å². The Balaban J connectivity index is 1.85. The lowest BCUT2D eigenvalue weighted by molar-refractivity contribution is 0.0698. The Morgan fingerprint density at radius 3 is 2.71 bits per heavy atom. The van der Waals surface area contributed by atoms with Crippen molar-refractivity contribution in [3.8, 4) is 11.5 Å². The van der Waals surface area contributed by atoms with Crippen LogP contribution in [0.25, 0.3) is 22.4 Å². The van der Waals surface area contributed by atoms with Crippen LogP contribution in [-0.2, 0) is 0 Å². The summed E-state index contributed by atoms with van der Waals surface area (Å²) in [6, 6.07) is 14.8. The Bertz CT molecular complexity index is 1490. The summed E-state index contributed by atoms with van der Waals surface area (Å²) in [6.45, 7) is 3.78. The van der Waals surface area contributed by atoms with Crippen molar-refractivity contribution >= 4 is 34.5 Å². The second-order valence-corrected chi connectivity index (χ2v) is 7.98. The summed E-state index contributed by atoms with van der Waals surface area (Å²) in [6.07, 6.45) is 1.54. The molecule has 8 heteroatoms. The number of nitrogens with one attached hydrogen (secondary N) is 1. The van der Waals surface area contributed by atoms with Gasteiger partial charge < -0.3 is 20.6 Å². The summed E-state index contributed by atoms with van der Waals surface area (Å²) in [5, 5.41) is 13.2. The lowest BCUT2D eigenvalue weighted by Crippen LogP contribution is -2.12. The van der Waals surface area contributed by atoms with Crippen molar-refractivity contribution in [2.45, 2.75) is 19.9 Å².